The first-order valence-electron chi connectivity index (χ1n) is 4.78. The minimum atomic E-state index is -0.0475. The van der Waals surface area contributed by atoms with E-state index in [9.17, 15) is 4.79 Å². The standard InChI is InChI=1S/C12H13NO2/c1-8-5-4-6-9-10(15-3)7-11(14)13(2)12(8)9/h4-7H,1-3H3. The number of hydrogen-bond acceptors (Lipinski definition) is 2. The summed E-state index contributed by atoms with van der Waals surface area (Å²) in [6.45, 7) is 1.99. The number of aryl methyl sites for hydroxylation is 2. The molecule has 15 heavy (non-hydrogen) atoms. The Labute approximate surface area is 87.9 Å². The fourth-order valence-corrected chi connectivity index (χ4v) is 1.87. The average Bonchev–Trinajstić information content (AvgIpc) is 2.23. The Morgan fingerprint density at radius 3 is 2.73 bits per heavy atom. The zero-order valence-corrected chi connectivity index (χ0v) is 9.07. The molecule has 2 aromatic rings. The first-order chi connectivity index (χ1) is 7.15. The maximum absolute atomic E-state index is 11.6. The molecule has 0 fully saturated rings. The van der Waals surface area contributed by atoms with Gasteiger partial charge < -0.3 is 9.30 Å². The van der Waals surface area contributed by atoms with Crippen LogP contribution in [-0.2, 0) is 7.05 Å². The molecule has 0 N–H and O–H groups in total. The molecule has 0 saturated carbocycles. The number of nitrogens with zero attached hydrogens (tertiary/aromatic N) is 1. The molecule has 2 rings (SSSR count). The summed E-state index contributed by atoms with van der Waals surface area (Å²) in [4.78, 5) is 11.6. The van der Waals surface area contributed by atoms with E-state index in [2.05, 4.69) is 0 Å². The SMILES string of the molecule is COc1cc(=O)n(C)c2c(C)cccc12. The van der Waals surface area contributed by atoms with E-state index in [1.54, 1.807) is 18.7 Å². The summed E-state index contributed by atoms with van der Waals surface area (Å²) in [6.07, 6.45) is 0. The monoisotopic (exact) mass is 203 g/mol. The van der Waals surface area contributed by atoms with E-state index in [0.29, 0.717) is 5.75 Å². The summed E-state index contributed by atoms with van der Waals surface area (Å²) < 4.78 is 6.85. The molecule has 1 heterocycles. The van der Waals surface area contributed by atoms with Gasteiger partial charge in [0.15, 0.2) is 0 Å². The highest BCUT2D eigenvalue weighted by Gasteiger charge is 2.07. The molecule has 3 heteroatoms. The van der Waals surface area contributed by atoms with Crippen LogP contribution in [0.5, 0.6) is 5.75 Å². The van der Waals surface area contributed by atoms with Gasteiger partial charge in [-0.1, -0.05) is 12.1 Å². The molecule has 3 nitrogen and oxygen atoms in total. The molecule has 0 aliphatic carbocycles. The predicted octanol–water partition coefficient (Wildman–Crippen LogP) is 1.86. The average molecular weight is 203 g/mol. The molecule has 0 spiro atoms. The number of hydrogen-bond donors (Lipinski definition) is 0. The molecular formula is C12H13NO2. The topological polar surface area (TPSA) is 31.2 Å². The Hall–Kier alpha value is -1.77. The van der Waals surface area contributed by atoms with Crippen LogP contribution in [0.4, 0.5) is 0 Å². The van der Waals surface area contributed by atoms with E-state index >= 15 is 0 Å². The van der Waals surface area contributed by atoms with Crippen molar-refractivity contribution in [3.63, 3.8) is 0 Å². The van der Waals surface area contributed by atoms with Gasteiger partial charge in [-0.15, -0.1) is 0 Å². The van der Waals surface area contributed by atoms with E-state index in [0.717, 1.165) is 16.5 Å². The van der Waals surface area contributed by atoms with Gasteiger partial charge in [0.2, 0.25) is 0 Å². The quantitative estimate of drug-likeness (QED) is 0.708. The van der Waals surface area contributed by atoms with E-state index < -0.39 is 0 Å². The van der Waals surface area contributed by atoms with Crippen LogP contribution < -0.4 is 10.3 Å². The van der Waals surface area contributed by atoms with Gasteiger partial charge in [0, 0.05) is 18.5 Å². The fraction of sp³-hybridized carbons (Fsp3) is 0.250. The van der Waals surface area contributed by atoms with Crippen LogP contribution in [0.15, 0.2) is 29.1 Å². The first kappa shape index (κ1) is 9.77. The number of methoxy groups -OCH3 is 1. The second-order valence-electron chi connectivity index (χ2n) is 3.58. The lowest BCUT2D eigenvalue weighted by Crippen LogP contribution is -2.16. The number of benzene rings is 1. The number of rotatable bonds is 1. The molecule has 0 radical (unpaired) electrons. The zero-order chi connectivity index (χ0) is 11.0. The van der Waals surface area contributed by atoms with Crippen molar-refractivity contribution in [2.24, 2.45) is 7.05 Å². The normalized spacial score (nSPS) is 10.6. The second kappa shape index (κ2) is 3.42. The Kier molecular flexibility index (Phi) is 2.23. The van der Waals surface area contributed by atoms with Crippen LogP contribution in [0.2, 0.25) is 0 Å². The Morgan fingerprint density at radius 2 is 2.07 bits per heavy atom. The Balaban J connectivity index is 3.03. The number of pyridine rings is 1. The third kappa shape index (κ3) is 1.40. The molecule has 78 valence electrons. The summed E-state index contributed by atoms with van der Waals surface area (Å²) in [5.74, 6) is 0.636. The van der Waals surface area contributed by atoms with Gasteiger partial charge in [-0.3, -0.25) is 4.79 Å². The fourth-order valence-electron chi connectivity index (χ4n) is 1.87. The lowest BCUT2D eigenvalue weighted by Gasteiger charge is -2.10. The van der Waals surface area contributed by atoms with Crippen molar-refractivity contribution in [3.8, 4) is 5.75 Å². The molecule has 1 aromatic carbocycles. The van der Waals surface area contributed by atoms with Crippen molar-refractivity contribution < 1.29 is 4.74 Å². The van der Waals surface area contributed by atoms with Gasteiger partial charge in [-0.05, 0) is 18.6 Å². The van der Waals surface area contributed by atoms with Crippen molar-refractivity contribution in [3.05, 3.63) is 40.2 Å². The minimum Gasteiger partial charge on any atom is -0.496 e. The summed E-state index contributed by atoms with van der Waals surface area (Å²) in [6, 6.07) is 7.42. The van der Waals surface area contributed by atoms with Gasteiger partial charge >= 0.3 is 0 Å². The molecular weight excluding hydrogens is 190 g/mol. The van der Waals surface area contributed by atoms with Crippen molar-refractivity contribution in [1.82, 2.24) is 4.57 Å². The highest BCUT2D eigenvalue weighted by atomic mass is 16.5. The summed E-state index contributed by atoms with van der Waals surface area (Å²) in [7, 11) is 3.35. The van der Waals surface area contributed by atoms with E-state index in [1.165, 1.54) is 6.07 Å². The van der Waals surface area contributed by atoms with Crippen LogP contribution in [0.25, 0.3) is 10.9 Å². The van der Waals surface area contributed by atoms with Crippen molar-refractivity contribution in [2.75, 3.05) is 7.11 Å². The van der Waals surface area contributed by atoms with Gasteiger partial charge in [0.05, 0.1) is 12.6 Å². The zero-order valence-electron chi connectivity index (χ0n) is 9.07. The molecule has 1 aromatic heterocycles. The van der Waals surface area contributed by atoms with Gasteiger partial charge in [0.1, 0.15) is 5.75 Å². The molecule has 0 amide bonds. The summed E-state index contributed by atoms with van der Waals surface area (Å²) in [5, 5.41) is 0.972. The Bertz CT molecular complexity index is 570. The number of aromatic nitrogens is 1. The number of para-hydroxylation sites is 1. The minimum absolute atomic E-state index is 0.0475. The van der Waals surface area contributed by atoms with Crippen molar-refractivity contribution >= 4 is 10.9 Å². The lowest BCUT2D eigenvalue weighted by atomic mass is 10.1. The molecule has 0 unspecified atom stereocenters. The second-order valence-corrected chi connectivity index (χ2v) is 3.58. The van der Waals surface area contributed by atoms with Crippen LogP contribution in [0.3, 0.4) is 0 Å². The summed E-state index contributed by atoms with van der Waals surface area (Å²) in [5.41, 5.74) is 1.96. The highest BCUT2D eigenvalue weighted by Crippen LogP contribution is 2.24. The van der Waals surface area contributed by atoms with Crippen molar-refractivity contribution in [2.45, 2.75) is 6.92 Å². The third-order valence-corrected chi connectivity index (χ3v) is 2.64. The molecule has 0 aliphatic heterocycles. The largest absolute Gasteiger partial charge is 0.496 e. The molecule has 0 bridgehead atoms. The molecule has 0 aliphatic rings. The highest BCUT2D eigenvalue weighted by molar-refractivity contribution is 5.87. The van der Waals surface area contributed by atoms with E-state index in [4.69, 9.17) is 4.74 Å². The Morgan fingerprint density at radius 1 is 1.33 bits per heavy atom. The number of ether oxygens (including phenoxy) is 1. The van der Waals surface area contributed by atoms with Crippen molar-refractivity contribution in [1.29, 1.82) is 0 Å². The van der Waals surface area contributed by atoms with Gasteiger partial charge in [-0.25, -0.2) is 0 Å². The van der Waals surface area contributed by atoms with Crippen LogP contribution >= 0.6 is 0 Å². The molecule has 0 atom stereocenters. The predicted molar refractivity (Wildman–Crippen MR) is 60.5 cm³/mol. The summed E-state index contributed by atoms with van der Waals surface area (Å²) >= 11 is 0. The van der Waals surface area contributed by atoms with Crippen LogP contribution in [0.1, 0.15) is 5.56 Å². The first-order valence-corrected chi connectivity index (χ1v) is 4.78. The lowest BCUT2D eigenvalue weighted by molar-refractivity contribution is 0.418. The third-order valence-electron chi connectivity index (χ3n) is 2.64. The maximum atomic E-state index is 11.6. The van der Waals surface area contributed by atoms with E-state index in [-0.39, 0.29) is 5.56 Å². The molecule has 0 saturated heterocycles. The van der Waals surface area contributed by atoms with Gasteiger partial charge in [-0.2, -0.15) is 0 Å². The van der Waals surface area contributed by atoms with Gasteiger partial charge in [0.25, 0.3) is 5.56 Å². The van der Waals surface area contributed by atoms with Crippen LogP contribution in [0, 0.1) is 6.92 Å². The maximum Gasteiger partial charge on any atom is 0.254 e. The number of fused-ring (bicyclic) bond motifs is 1. The van der Waals surface area contributed by atoms with Crippen LogP contribution in [-0.4, -0.2) is 11.7 Å². The van der Waals surface area contributed by atoms with E-state index in [1.807, 2.05) is 25.1 Å². The smallest absolute Gasteiger partial charge is 0.254 e.